The van der Waals surface area contributed by atoms with Crippen molar-refractivity contribution in [2.24, 2.45) is 0 Å². The third-order valence-electron chi connectivity index (χ3n) is 6.79. The van der Waals surface area contributed by atoms with Crippen molar-refractivity contribution in [1.82, 2.24) is 15.0 Å². The second kappa shape index (κ2) is 9.78. The number of thioether (sulfide) groups is 1. The van der Waals surface area contributed by atoms with Crippen LogP contribution in [-0.2, 0) is 10.5 Å². The van der Waals surface area contributed by atoms with Gasteiger partial charge in [0.25, 0.3) is 6.43 Å². The number of thiophene rings is 1. The first kappa shape index (κ1) is 25.8. The lowest BCUT2D eigenvalue weighted by Gasteiger charge is -2.48. The average Bonchev–Trinajstić information content (AvgIpc) is 3.40. The van der Waals surface area contributed by atoms with Gasteiger partial charge in [0, 0.05) is 41.0 Å². The number of aromatic nitrogens is 3. The molecule has 0 aliphatic carbocycles. The number of nitrogens with zero attached hydrogens (tertiary/aromatic N) is 7. The van der Waals surface area contributed by atoms with E-state index in [-0.39, 0.29) is 33.8 Å². The molecule has 0 aromatic carbocycles. The van der Waals surface area contributed by atoms with Crippen molar-refractivity contribution in [2.75, 3.05) is 48.0 Å². The third kappa shape index (κ3) is 4.10. The van der Waals surface area contributed by atoms with Crippen LogP contribution in [0.4, 0.5) is 31.2 Å². The lowest BCUT2D eigenvalue weighted by atomic mass is 9.88. The minimum Gasteiger partial charge on any atom is -0.467 e. The van der Waals surface area contributed by atoms with E-state index in [2.05, 4.69) is 27.1 Å². The van der Waals surface area contributed by atoms with E-state index in [0.717, 1.165) is 16.2 Å². The number of nitriles is 2. The number of methoxy groups -OCH3 is 1. The number of pyridine rings is 1. The molecule has 10 nitrogen and oxygen atoms in total. The van der Waals surface area contributed by atoms with Crippen molar-refractivity contribution in [2.45, 2.75) is 29.9 Å². The Balaban J connectivity index is 1.56. The summed E-state index contributed by atoms with van der Waals surface area (Å²) in [4.78, 5) is 17.1. The number of ether oxygens (including phenoxy) is 1. The van der Waals surface area contributed by atoms with E-state index in [0.29, 0.717) is 29.2 Å². The van der Waals surface area contributed by atoms with Crippen LogP contribution in [-0.4, -0.2) is 48.1 Å². The number of nitrogen functional groups attached to an aromatic ring is 2. The van der Waals surface area contributed by atoms with Crippen molar-refractivity contribution in [3.05, 3.63) is 45.5 Å². The van der Waals surface area contributed by atoms with Crippen LogP contribution in [0.3, 0.4) is 0 Å². The largest absolute Gasteiger partial charge is 0.467 e. The summed E-state index contributed by atoms with van der Waals surface area (Å²) in [6, 6.07) is 6.99. The number of halogens is 2. The fraction of sp³-hybridized carbons (Fsp3) is 0.375. The monoisotopic (exact) mass is 555 g/mol. The summed E-state index contributed by atoms with van der Waals surface area (Å²) in [5.41, 5.74) is 14.1. The van der Waals surface area contributed by atoms with Gasteiger partial charge in [0.15, 0.2) is 11.6 Å². The first-order valence-corrected chi connectivity index (χ1v) is 13.3. The van der Waals surface area contributed by atoms with E-state index in [4.69, 9.17) is 16.2 Å². The smallest absolute Gasteiger partial charge is 0.320 e. The van der Waals surface area contributed by atoms with Gasteiger partial charge in [0.1, 0.15) is 28.5 Å². The minimum atomic E-state index is -2.72. The van der Waals surface area contributed by atoms with E-state index in [1.54, 1.807) is 30.8 Å². The molecule has 14 heteroatoms. The van der Waals surface area contributed by atoms with Gasteiger partial charge in [-0.25, -0.2) is 13.8 Å². The highest BCUT2D eigenvalue weighted by Crippen LogP contribution is 2.58. The zero-order valence-electron chi connectivity index (χ0n) is 20.5. The van der Waals surface area contributed by atoms with Crippen molar-refractivity contribution < 1.29 is 13.5 Å². The summed E-state index contributed by atoms with van der Waals surface area (Å²) in [5.74, 6) is 1.24. The summed E-state index contributed by atoms with van der Waals surface area (Å²) in [6.07, 6.45) is -1.21. The van der Waals surface area contributed by atoms with Gasteiger partial charge in [-0.1, -0.05) is 6.07 Å². The number of alkyl halides is 2. The highest BCUT2D eigenvalue weighted by molar-refractivity contribution is 8.00. The molecular weight excluding hydrogens is 532 g/mol. The fourth-order valence-electron chi connectivity index (χ4n) is 5.01. The highest BCUT2D eigenvalue weighted by Gasteiger charge is 2.53. The zero-order chi connectivity index (χ0) is 27.2. The van der Waals surface area contributed by atoms with Crippen molar-refractivity contribution in [3.63, 3.8) is 0 Å². The maximum absolute atomic E-state index is 13.8. The molecule has 3 aromatic rings. The molecule has 4 N–H and O–H groups in total. The van der Waals surface area contributed by atoms with Gasteiger partial charge in [0.05, 0.1) is 30.0 Å². The molecule has 0 amide bonds. The van der Waals surface area contributed by atoms with Gasteiger partial charge in [0.2, 0.25) is 0 Å². The topological polar surface area (TPSA) is 154 Å². The molecule has 38 heavy (non-hydrogen) atoms. The predicted molar refractivity (Wildman–Crippen MR) is 142 cm³/mol. The summed E-state index contributed by atoms with van der Waals surface area (Å²) in [7, 11) is 1.37. The molecule has 1 atom stereocenters. The van der Waals surface area contributed by atoms with Gasteiger partial charge in [-0.3, -0.25) is 0 Å². The standard InChI is InChI=1S/C24H23F2N9OS2/c1-12(13-4-3-5-31-19(13)29)35(8-17(25)26)22-15(7-28)21(32-23(33-22)36-2)34-10-24(11-34)18-14(6-27)20(30)38-16(18)9-37-24/h3-5,12,17H,8-11,30H2,1-2H3,(H2,29,31). The normalized spacial score (nSPS) is 16.0. The van der Waals surface area contributed by atoms with Gasteiger partial charge in [-0.2, -0.15) is 20.5 Å². The Morgan fingerprint density at radius 3 is 2.61 bits per heavy atom. The van der Waals surface area contributed by atoms with E-state index in [1.165, 1.54) is 29.5 Å². The van der Waals surface area contributed by atoms with Crippen LogP contribution in [0.1, 0.15) is 40.1 Å². The van der Waals surface area contributed by atoms with Crippen LogP contribution >= 0.6 is 23.1 Å². The highest BCUT2D eigenvalue weighted by atomic mass is 32.2. The number of nitrogens with two attached hydrogens (primary N) is 2. The molecule has 2 aliphatic rings. The Bertz CT molecular complexity index is 1480. The number of fused-ring (bicyclic) bond motifs is 2. The quantitative estimate of drug-likeness (QED) is 0.439. The van der Waals surface area contributed by atoms with Crippen LogP contribution in [0.2, 0.25) is 0 Å². The average molecular weight is 556 g/mol. The second-order valence-corrected chi connectivity index (χ2v) is 11.4. The predicted octanol–water partition coefficient (Wildman–Crippen LogP) is 3.64. The van der Waals surface area contributed by atoms with Crippen LogP contribution < -0.4 is 26.0 Å². The molecular formula is C24H23F2N9OS2. The molecule has 196 valence electrons. The van der Waals surface area contributed by atoms with Gasteiger partial charge in [-0.05, 0) is 13.0 Å². The Morgan fingerprint density at radius 2 is 1.97 bits per heavy atom. The first-order valence-electron chi connectivity index (χ1n) is 11.5. The molecule has 1 unspecified atom stereocenters. The molecule has 1 fully saturated rings. The molecule has 5 heterocycles. The number of anilines is 4. The number of hydrogen-bond donors (Lipinski definition) is 2. The Labute approximate surface area is 225 Å². The van der Waals surface area contributed by atoms with Crippen molar-refractivity contribution in [3.8, 4) is 18.1 Å². The van der Waals surface area contributed by atoms with Crippen LogP contribution in [0, 0.1) is 22.7 Å². The molecule has 0 bridgehead atoms. The lowest BCUT2D eigenvalue weighted by Crippen LogP contribution is -2.57. The Morgan fingerprint density at radius 1 is 1.24 bits per heavy atom. The Hall–Kier alpha value is -3.88. The van der Waals surface area contributed by atoms with Gasteiger partial charge >= 0.3 is 6.01 Å². The lowest BCUT2D eigenvalue weighted by molar-refractivity contribution is 0.152. The number of hydrogen-bond acceptors (Lipinski definition) is 12. The van der Waals surface area contributed by atoms with Crippen LogP contribution in [0.5, 0.6) is 6.01 Å². The van der Waals surface area contributed by atoms with Gasteiger partial charge < -0.3 is 26.0 Å². The molecule has 3 aromatic heterocycles. The molecule has 0 radical (unpaired) electrons. The molecule has 1 spiro atoms. The fourth-order valence-corrected chi connectivity index (χ4v) is 7.82. The summed E-state index contributed by atoms with van der Waals surface area (Å²) >= 11 is 3.15. The third-order valence-corrected chi connectivity index (χ3v) is 9.44. The van der Waals surface area contributed by atoms with E-state index < -0.39 is 19.0 Å². The minimum absolute atomic E-state index is 0.0172. The van der Waals surface area contributed by atoms with E-state index >= 15 is 0 Å². The SMILES string of the molecule is COc1nc(N2CC3(C2)SCc2sc(N)c(C#N)c23)c(C#N)c(N(CC(F)F)C(C)c2cccnc2N)n1. The molecule has 1 saturated heterocycles. The summed E-state index contributed by atoms with van der Waals surface area (Å²) in [5, 5.41) is 20.4. The zero-order valence-corrected chi connectivity index (χ0v) is 22.1. The molecule has 5 rings (SSSR count). The molecule has 2 aliphatic heterocycles. The summed E-state index contributed by atoms with van der Waals surface area (Å²) < 4.78 is 32.6. The van der Waals surface area contributed by atoms with Crippen LogP contribution in [0.25, 0.3) is 0 Å². The van der Waals surface area contributed by atoms with Crippen molar-refractivity contribution >= 4 is 45.6 Å². The Kier molecular flexibility index (Phi) is 6.63. The summed E-state index contributed by atoms with van der Waals surface area (Å²) in [6.45, 7) is 1.92. The maximum Gasteiger partial charge on any atom is 0.320 e. The molecule has 0 saturated carbocycles. The van der Waals surface area contributed by atoms with E-state index in [9.17, 15) is 19.3 Å². The first-order chi connectivity index (χ1) is 18.2. The van der Waals surface area contributed by atoms with Crippen LogP contribution in [0.15, 0.2) is 18.3 Å². The van der Waals surface area contributed by atoms with E-state index in [1.807, 2.05) is 4.90 Å². The van der Waals surface area contributed by atoms with Crippen molar-refractivity contribution in [1.29, 1.82) is 10.5 Å². The van der Waals surface area contributed by atoms with Gasteiger partial charge in [-0.15, -0.1) is 23.1 Å². The number of rotatable bonds is 7. The maximum atomic E-state index is 13.8. The second-order valence-electron chi connectivity index (χ2n) is 8.93.